The summed E-state index contributed by atoms with van der Waals surface area (Å²) < 4.78 is 0. The molecule has 2 unspecified atom stereocenters. The Morgan fingerprint density at radius 3 is 2.45 bits per heavy atom. The van der Waals surface area contributed by atoms with Crippen LogP contribution in [0.15, 0.2) is 0 Å². The highest BCUT2D eigenvalue weighted by atomic mass is 32.1. The number of carboxylic acid groups (broad SMARTS) is 1. The maximum atomic E-state index is 11.8. The lowest BCUT2D eigenvalue weighted by atomic mass is 10.2. The molecule has 0 fully saturated rings. The highest BCUT2D eigenvalue weighted by molar-refractivity contribution is 7.11. The van der Waals surface area contributed by atoms with Crippen molar-refractivity contribution in [3.05, 3.63) is 15.6 Å². The van der Waals surface area contributed by atoms with E-state index in [1.165, 1.54) is 11.3 Å². The van der Waals surface area contributed by atoms with Crippen LogP contribution in [-0.4, -0.2) is 28.1 Å². The van der Waals surface area contributed by atoms with Crippen molar-refractivity contribution in [2.24, 2.45) is 0 Å². The molecule has 0 radical (unpaired) electrons. The molecule has 0 aromatic carbocycles. The van der Waals surface area contributed by atoms with Crippen molar-refractivity contribution in [1.29, 1.82) is 0 Å². The van der Waals surface area contributed by atoms with Gasteiger partial charge < -0.3 is 15.7 Å². The van der Waals surface area contributed by atoms with Gasteiger partial charge in [-0.2, -0.15) is 0 Å². The summed E-state index contributed by atoms with van der Waals surface area (Å²) in [7, 11) is 0. The molecular weight excluding hydrogens is 278 g/mol. The van der Waals surface area contributed by atoms with Gasteiger partial charge in [-0.3, -0.25) is 0 Å². The van der Waals surface area contributed by atoms with Crippen LogP contribution in [-0.2, 0) is 4.79 Å². The third-order valence-electron chi connectivity index (χ3n) is 2.86. The second-order valence-electron chi connectivity index (χ2n) is 4.70. The van der Waals surface area contributed by atoms with Gasteiger partial charge in [-0.1, -0.05) is 13.3 Å². The summed E-state index contributed by atoms with van der Waals surface area (Å²) in [6.45, 7) is 7.54. The SMILES string of the molecule is CCCC(NC(=O)NC(C)c1sc(C)nc1C)C(=O)O. The predicted octanol–water partition coefficient (Wildman–Crippen LogP) is 2.37. The molecule has 20 heavy (non-hydrogen) atoms. The molecule has 1 aromatic heterocycles. The van der Waals surface area contributed by atoms with E-state index >= 15 is 0 Å². The molecule has 1 aromatic rings. The molecule has 2 amide bonds. The zero-order valence-electron chi connectivity index (χ0n) is 12.2. The Labute approximate surface area is 122 Å². The van der Waals surface area contributed by atoms with E-state index in [2.05, 4.69) is 15.6 Å². The van der Waals surface area contributed by atoms with Gasteiger partial charge in [0.1, 0.15) is 6.04 Å². The molecular formula is C13H21N3O3S. The van der Waals surface area contributed by atoms with Gasteiger partial charge >= 0.3 is 12.0 Å². The van der Waals surface area contributed by atoms with Crippen molar-refractivity contribution in [1.82, 2.24) is 15.6 Å². The van der Waals surface area contributed by atoms with Crippen LogP contribution >= 0.6 is 11.3 Å². The lowest BCUT2D eigenvalue weighted by Gasteiger charge is -2.17. The smallest absolute Gasteiger partial charge is 0.326 e. The molecule has 112 valence electrons. The van der Waals surface area contributed by atoms with Gasteiger partial charge in [0.2, 0.25) is 0 Å². The first-order chi connectivity index (χ1) is 9.35. The van der Waals surface area contributed by atoms with Crippen molar-refractivity contribution in [2.75, 3.05) is 0 Å². The quantitative estimate of drug-likeness (QED) is 0.752. The van der Waals surface area contributed by atoms with Gasteiger partial charge in [0.25, 0.3) is 0 Å². The summed E-state index contributed by atoms with van der Waals surface area (Å²) in [4.78, 5) is 28.1. The maximum absolute atomic E-state index is 11.8. The second-order valence-corrected chi connectivity index (χ2v) is 5.94. The molecule has 0 aliphatic carbocycles. The predicted molar refractivity (Wildman–Crippen MR) is 78.0 cm³/mol. The molecule has 7 heteroatoms. The summed E-state index contributed by atoms with van der Waals surface area (Å²) in [6.07, 6.45) is 1.11. The van der Waals surface area contributed by atoms with Crippen LogP contribution in [0.5, 0.6) is 0 Å². The van der Waals surface area contributed by atoms with Crippen LogP contribution in [0.4, 0.5) is 4.79 Å². The van der Waals surface area contributed by atoms with E-state index in [9.17, 15) is 9.59 Å². The van der Waals surface area contributed by atoms with E-state index < -0.39 is 18.0 Å². The third-order valence-corrected chi connectivity index (χ3v) is 4.12. The van der Waals surface area contributed by atoms with Crippen LogP contribution < -0.4 is 10.6 Å². The average Bonchev–Trinajstić information content (AvgIpc) is 2.67. The fraction of sp³-hybridized carbons (Fsp3) is 0.615. The summed E-state index contributed by atoms with van der Waals surface area (Å²) in [5, 5.41) is 15.2. The largest absolute Gasteiger partial charge is 0.480 e. The minimum Gasteiger partial charge on any atom is -0.480 e. The first kappa shape index (κ1) is 16.4. The summed E-state index contributed by atoms with van der Waals surface area (Å²) in [5.41, 5.74) is 0.892. The van der Waals surface area contributed by atoms with Crippen molar-refractivity contribution < 1.29 is 14.7 Å². The molecule has 2 atom stereocenters. The van der Waals surface area contributed by atoms with Crippen molar-refractivity contribution in [3.63, 3.8) is 0 Å². The monoisotopic (exact) mass is 299 g/mol. The van der Waals surface area contributed by atoms with E-state index in [0.717, 1.165) is 15.6 Å². The Kier molecular flexibility index (Phi) is 5.94. The molecule has 0 aliphatic rings. The molecule has 6 nitrogen and oxygen atoms in total. The zero-order chi connectivity index (χ0) is 15.3. The summed E-state index contributed by atoms with van der Waals surface area (Å²) >= 11 is 1.53. The number of aromatic nitrogens is 1. The lowest BCUT2D eigenvalue weighted by molar-refractivity contribution is -0.139. The van der Waals surface area contributed by atoms with Crippen LogP contribution in [0.3, 0.4) is 0 Å². The van der Waals surface area contributed by atoms with Crippen LogP contribution in [0, 0.1) is 13.8 Å². The molecule has 3 N–H and O–H groups in total. The Morgan fingerprint density at radius 1 is 1.35 bits per heavy atom. The molecule has 1 heterocycles. The van der Waals surface area contributed by atoms with E-state index in [1.807, 2.05) is 27.7 Å². The van der Waals surface area contributed by atoms with Gasteiger partial charge in [0.15, 0.2) is 0 Å². The lowest BCUT2D eigenvalue weighted by Crippen LogP contribution is -2.46. The number of carboxylic acids is 1. The van der Waals surface area contributed by atoms with Crippen molar-refractivity contribution in [3.8, 4) is 0 Å². The Hall–Kier alpha value is -1.63. The molecule has 0 saturated heterocycles. The van der Waals surface area contributed by atoms with Crippen LogP contribution in [0.25, 0.3) is 0 Å². The number of nitrogens with zero attached hydrogens (tertiary/aromatic N) is 1. The van der Waals surface area contributed by atoms with Gasteiger partial charge in [0.05, 0.1) is 16.7 Å². The van der Waals surface area contributed by atoms with E-state index in [-0.39, 0.29) is 6.04 Å². The number of carbonyl (C=O) groups excluding carboxylic acids is 1. The number of amides is 2. The zero-order valence-corrected chi connectivity index (χ0v) is 13.0. The molecule has 0 spiro atoms. The Balaban J connectivity index is 2.61. The van der Waals surface area contributed by atoms with Gasteiger partial charge in [-0.05, 0) is 27.2 Å². The highest BCUT2D eigenvalue weighted by Gasteiger charge is 2.21. The van der Waals surface area contributed by atoms with Gasteiger partial charge in [-0.15, -0.1) is 11.3 Å². The van der Waals surface area contributed by atoms with E-state index in [0.29, 0.717) is 12.8 Å². The van der Waals surface area contributed by atoms with Gasteiger partial charge in [-0.25, -0.2) is 14.6 Å². The van der Waals surface area contributed by atoms with Gasteiger partial charge in [0, 0.05) is 4.88 Å². The van der Waals surface area contributed by atoms with E-state index in [1.54, 1.807) is 0 Å². The number of aliphatic carboxylic acids is 1. The van der Waals surface area contributed by atoms with E-state index in [4.69, 9.17) is 5.11 Å². The Bertz CT molecular complexity index is 487. The molecule has 0 aliphatic heterocycles. The number of aryl methyl sites for hydroxylation is 2. The van der Waals surface area contributed by atoms with Crippen LogP contribution in [0.1, 0.15) is 48.3 Å². The fourth-order valence-corrected chi connectivity index (χ4v) is 2.89. The second kappa shape index (κ2) is 7.23. The highest BCUT2D eigenvalue weighted by Crippen LogP contribution is 2.24. The van der Waals surface area contributed by atoms with Crippen molar-refractivity contribution >= 4 is 23.3 Å². The number of nitrogens with one attached hydrogen (secondary N) is 2. The maximum Gasteiger partial charge on any atom is 0.326 e. The molecule has 0 saturated carbocycles. The number of hydrogen-bond donors (Lipinski definition) is 3. The Morgan fingerprint density at radius 2 is 2.00 bits per heavy atom. The molecule has 0 bridgehead atoms. The molecule has 1 rings (SSSR count). The summed E-state index contributed by atoms with van der Waals surface area (Å²) in [5.74, 6) is -1.01. The number of urea groups is 1. The number of thiazole rings is 1. The first-order valence-electron chi connectivity index (χ1n) is 6.58. The third kappa shape index (κ3) is 4.48. The van der Waals surface area contributed by atoms with Crippen LogP contribution in [0.2, 0.25) is 0 Å². The number of carbonyl (C=O) groups is 2. The normalized spacial score (nSPS) is 13.6. The topological polar surface area (TPSA) is 91.3 Å². The standard InChI is InChI=1S/C13H21N3O3S/c1-5-6-10(12(17)18)16-13(19)15-8(3)11-7(2)14-9(4)20-11/h8,10H,5-6H2,1-4H3,(H,17,18)(H2,15,16,19). The summed E-state index contributed by atoms with van der Waals surface area (Å²) in [6, 6.07) is -1.52. The number of rotatable bonds is 6. The average molecular weight is 299 g/mol. The minimum absolute atomic E-state index is 0.197. The first-order valence-corrected chi connectivity index (χ1v) is 7.40. The minimum atomic E-state index is -1.01. The number of hydrogen-bond acceptors (Lipinski definition) is 4. The fourth-order valence-electron chi connectivity index (χ4n) is 1.96. The van der Waals surface area contributed by atoms with Crippen molar-refractivity contribution in [2.45, 2.75) is 52.6 Å².